The molecule has 0 amide bonds. The molecule has 0 N–H and O–H groups in total. The second kappa shape index (κ2) is 8.08. The third-order valence-electron chi connectivity index (χ3n) is 2.24. The van der Waals surface area contributed by atoms with Crippen molar-refractivity contribution < 1.29 is 19.5 Å². The van der Waals surface area contributed by atoms with Gasteiger partial charge in [-0.1, -0.05) is 12.1 Å². The van der Waals surface area contributed by atoms with Crippen molar-refractivity contribution in [2.24, 2.45) is 0 Å². The Hall–Kier alpha value is -1.08. The van der Waals surface area contributed by atoms with Crippen LogP contribution in [0.2, 0.25) is 0 Å². The van der Waals surface area contributed by atoms with Crippen LogP contribution in [0.4, 0.5) is 0 Å². The SMILES string of the molecule is Cc1cccnc1-c1ncccc1C.[CH3-].[CH3-].[Ru+2]. The molecular formula is C14H18N2Ru. The summed E-state index contributed by atoms with van der Waals surface area (Å²) in [4.78, 5) is 8.69. The third kappa shape index (κ3) is 4.01. The third-order valence-corrected chi connectivity index (χ3v) is 2.24. The summed E-state index contributed by atoms with van der Waals surface area (Å²) in [5.41, 5.74) is 4.28. The minimum absolute atomic E-state index is 0. The number of hydrogen-bond donors (Lipinski definition) is 0. The van der Waals surface area contributed by atoms with Crippen LogP contribution in [0.15, 0.2) is 36.7 Å². The molecule has 0 radical (unpaired) electrons. The molecular weight excluding hydrogens is 297 g/mol. The fourth-order valence-corrected chi connectivity index (χ4v) is 1.47. The Labute approximate surface area is 117 Å². The summed E-state index contributed by atoms with van der Waals surface area (Å²) in [5, 5.41) is 0. The molecule has 2 nitrogen and oxygen atoms in total. The first kappa shape index (κ1) is 18.3. The van der Waals surface area contributed by atoms with E-state index in [1.54, 1.807) is 12.4 Å². The molecule has 0 saturated heterocycles. The minimum atomic E-state index is 0. The Morgan fingerprint density at radius 2 is 1.12 bits per heavy atom. The van der Waals surface area contributed by atoms with Gasteiger partial charge in [-0.2, -0.15) is 0 Å². The number of hydrogen-bond acceptors (Lipinski definition) is 2. The number of pyridine rings is 2. The Morgan fingerprint density at radius 1 is 0.765 bits per heavy atom. The van der Waals surface area contributed by atoms with E-state index in [1.165, 1.54) is 0 Å². The van der Waals surface area contributed by atoms with Gasteiger partial charge in [-0.25, -0.2) is 0 Å². The monoisotopic (exact) mass is 316 g/mol. The number of nitrogens with zero attached hydrogens (tertiary/aromatic N) is 2. The molecule has 2 rings (SSSR count). The van der Waals surface area contributed by atoms with Crippen molar-refractivity contribution in [3.8, 4) is 11.4 Å². The molecule has 0 aliphatic carbocycles. The molecule has 92 valence electrons. The van der Waals surface area contributed by atoms with Gasteiger partial charge in [-0.05, 0) is 37.1 Å². The summed E-state index contributed by atoms with van der Waals surface area (Å²) in [6.07, 6.45) is 3.60. The van der Waals surface area contributed by atoms with Crippen molar-refractivity contribution in [3.05, 3.63) is 62.6 Å². The summed E-state index contributed by atoms with van der Waals surface area (Å²) < 4.78 is 0. The van der Waals surface area contributed by atoms with Crippen LogP contribution in [-0.2, 0) is 19.5 Å². The van der Waals surface area contributed by atoms with Gasteiger partial charge >= 0.3 is 19.5 Å². The molecule has 2 aromatic heterocycles. The van der Waals surface area contributed by atoms with Gasteiger partial charge < -0.3 is 14.9 Å². The fourth-order valence-electron chi connectivity index (χ4n) is 1.47. The Kier molecular flexibility index (Phi) is 8.69. The summed E-state index contributed by atoms with van der Waals surface area (Å²) in [7, 11) is 0. The Bertz CT molecular complexity index is 412. The van der Waals surface area contributed by atoms with Gasteiger partial charge in [0.25, 0.3) is 0 Å². The zero-order chi connectivity index (χ0) is 9.97. The van der Waals surface area contributed by atoms with Gasteiger partial charge in [0.1, 0.15) is 0 Å². The average Bonchev–Trinajstić information content (AvgIpc) is 2.20. The number of aryl methyl sites for hydroxylation is 2. The zero-order valence-corrected chi connectivity index (χ0v) is 12.5. The number of aromatic nitrogens is 2. The summed E-state index contributed by atoms with van der Waals surface area (Å²) >= 11 is 0. The van der Waals surface area contributed by atoms with Gasteiger partial charge in [-0.3, -0.25) is 9.97 Å². The summed E-state index contributed by atoms with van der Waals surface area (Å²) in [5.74, 6) is 0. The second-order valence-electron chi connectivity index (χ2n) is 3.34. The van der Waals surface area contributed by atoms with Crippen LogP contribution < -0.4 is 0 Å². The van der Waals surface area contributed by atoms with E-state index in [1.807, 2.05) is 12.1 Å². The first-order valence-corrected chi connectivity index (χ1v) is 4.62. The van der Waals surface area contributed by atoms with E-state index in [-0.39, 0.29) is 34.3 Å². The van der Waals surface area contributed by atoms with E-state index in [0.717, 1.165) is 22.5 Å². The predicted molar refractivity (Wildman–Crippen MR) is 69.8 cm³/mol. The van der Waals surface area contributed by atoms with Crippen molar-refractivity contribution in [3.63, 3.8) is 0 Å². The van der Waals surface area contributed by atoms with Crippen LogP contribution >= 0.6 is 0 Å². The number of rotatable bonds is 1. The quantitative estimate of drug-likeness (QED) is 0.593. The van der Waals surface area contributed by atoms with Gasteiger partial charge in [0.2, 0.25) is 0 Å². The maximum absolute atomic E-state index is 4.35. The van der Waals surface area contributed by atoms with Gasteiger partial charge in [0, 0.05) is 12.4 Å². The predicted octanol–water partition coefficient (Wildman–Crippen LogP) is 3.66. The van der Waals surface area contributed by atoms with Crippen molar-refractivity contribution in [1.29, 1.82) is 0 Å². The zero-order valence-electron chi connectivity index (χ0n) is 10.7. The first-order valence-electron chi connectivity index (χ1n) is 4.62. The van der Waals surface area contributed by atoms with Gasteiger partial charge in [-0.15, -0.1) is 0 Å². The Morgan fingerprint density at radius 3 is 1.41 bits per heavy atom. The molecule has 0 atom stereocenters. The molecule has 0 aliphatic rings. The topological polar surface area (TPSA) is 25.8 Å². The smallest absolute Gasteiger partial charge is 0.358 e. The van der Waals surface area contributed by atoms with Crippen LogP contribution in [0.1, 0.15) is 11.1 Å². The molecule has 0 aromatic carbocycles. The van der Waals surface area contributed by atoms with E-state index < -0.39 is 0 Å². The van der Waals surface area contributed by atoms with Crippen molar-refractivity contribution in [1.82, 2.24) is 9.97 Å². The molecule has 0 aliphatic heterocycles. The maximum Gasteiger partial charge on any atom is 2.00 e. The maximum atomic E-state index is 4.35. The van der Waals surface area contributed by atoms with E-state index in [0.29, 0.717) is 0 Å². The van der Waals surface area contributed by atoms with Crippen molar-refractivity contribution in [2.45, 2.75) is 13.8 Å². The summed E-state index contributed by atoms with van der Waals surface area (Å²) in [6.45, 7) is 4.10. The molecule has 0 saturated carbocycles. The largest absolute Gasteiger partial charge is 2.00 e. The van der Waals surface area contributed by atoms with Crippen LogP contribution in [0.25, 0.3) is 11.4 Å². The van der Waals surface area contributed by atoms with Crippen LogP contribution in [0.3, 0.4) is 0 Å². The van der Waals surface area contributed by atoms with Gasteiger partial charge in [0.05, 0.1) is 11.4 Å². The molecule has 17 heavy (non-hydrogen) atoms. The van der Waals surface area contributed by atoms with Crippen LogP contribution in [-0.4, -0.2) is 9.97 Å². The standard InChI is InChI=1S/C12H12N2.2CH3.Ru/c1-9-5-3-7-13-11(9)12-10(2)6-4-8-14-12;;;/h3-8H,1-2H3;2*1H3;/q;2*-1;+2. The average molecular weight is 315 g/mol. The van der Waals surface area contributed by atoms with E-state index in [2.05, 4.69) is 35.9 Å². The van der Waals surface area contributed by atoms with Crippen LogP contribution in [0, 0.1) is 28.7 Å². The normalized spacial score (nSPS) is 8.35. The molecule has 3 heteroatoms. The van der Waals surface area contributed by atoms with Crippen molar-refractivity contribution in [2.75, 3.05) is 0 Å². The molecule has 0 bridgehead atoms. The van der Waals surface area contributed by atoms with Gasteiger partial charge in [0.15, 0.2) is 0 Å². The summed E-state index contributed by atoms with van der Waals surface area (Å²) in [6, 6.07) is 7.99. The van der Waals surface area contributed by atoms with E-state index in [9.17, 15) is 0 Å². The van der Waals surface area contributed by atoms with E-state index in [4.69, 9.17) is 0 Å². The Balaban J connectivity index is 0. The molecule has 0 unspecified atom stereocenters. The molecule has 2 aromatic rings. The fraction of sp³-hybridized carbons (Fsp3) is 0.143. The van der Waals surface area contributed by atoms with Crippen molar-refractivity contribution >= 4 is 0 Å². The van der Waals surface area contributed by atoms with Crippen LogP contribution in [0.5, 0.6) is 0 Å². The molecule has 0 spiro atoms. The van der Waals surface area contributed by atoms with E-state index >= 15 is 0 Å². The molecule has 0 fully saturated rings. The second-order valence-corrected chi connectivity index (χ2v) is 3.34. The molecule has 2 heterocycles. The minimum Gasteiger partial charge on any atom is -0.358 e. The first-order chi connectivity index (χ1) is 6.79.